The third kappa shape index (κ3) is 6.37. The van der Waals surface area contributed by atoms with Crippen LogP contribution >= 0.6 is 0 Å². The van der Waals surface area contributed by atoms with Gasteiger partial charge in [-0.15, -0.1) is 0 Å². The molecule has 7 heteroatoms. The van der Waals surface area contributed by atoms with Gasteiger partial charge >= 0.3 is 11.9 Å². The van der Waals surface area contributed by atoms with Gasteiger partial charge in [0.05, 0.1) is 13.5 Å². The largest absolute Gasteiger partial charge is 0.508 e. The maximum Gasteiger partial charge on any atom is 0.328 e. The van der Waals surface area contributed by atoms with E-state index in [0.717, 1.165) is 7.11 Å². The first-order chi connectivity index (χ1) is 10.6. The van der Waals surface area contributed by atoms with E-state index in [9.17, 15) is 19.5 Å². The number of hydrogen-bond donors (Lipinski definition) is 2. The van der Waals surface area contributed by atoms with Crippen molar-refractivity contribution in [3.8, 4) is 5.75 Å². The van der Waals surface area contributed by atoms with Gasteiger partial charge in [-0.2, -0.15) is 0 Å². The molecule has 0 aliphatic heterocycles. The van der Waals surface area contributed by atoms with Crippen LogP contribution in [0.3, 0.4) is 0 Å². The SMILES string of the molecule is COC(=O)[C@H](CC(=O)OC(C)(C)C)NC(=O)c1ccc(O)cc1. The molecule has 0 bridgehead atoms. The number of ether oxygens (including phenoxy) is 2. The molecule has 2 N–H and O–H groups in total. The summed E-state index contributed by atoms with van der Waals surface area (Å²) in [6.45, 7) is 5.10. The summed E-state index contributed by atoms with van der Waals surface area (Å²) >= 11 is 0. The molecule has 0 saturated carbocycles. The Morgan fingerprint density at radius 1 is 1.17 bits per heavy atom. The van der Waals surface area contributed by atoms with Crippen molar-refractivity contribution in [2.75, 3.05) is 7.11 Å². The summed E-state index contributed by atoms with van der Waals surface area (Å²) in [5.74, 6) is -1.93. The Balaban J connectivity index is 2.78. The standard InChI is InChI=1S/C16H21NO6/c1-16(2,3)23-13(19)9-12(15(21)22-4)17-14(20)10-5-7-11(18)8-6-10/h5-8,12,18H,9H2,1-4H3,(H,17,20)/t12-/m0/s1. The second-order valence-electron chi connectivity index (χ2n) is 5.89. The van der Waals surface area contributed by atoms with E-state index in [1.54, 1.807) is 20.8 Å². The maximum atomic E-state index is 12.1. The van der Waals surface area contributed by atoms with E-state index in [2.05, 4.69) is 10.1 Å². The first-order valence-corrected chi connectivity index (χ1v) is 7.02. The van der Waals surface area contributed by atoms with Gasteiger partial charge in [-0.1, -0.05) is 0 Å². The molecule has 0 fully saturated rings. The fourth-order valence-electron chi connectivity index (χ4n) is 1.74. The van der Waals surface area contributed by atoms with Crippen LogP contribution in [0.2, 0.25) is 0 Å². The van der Waals surface area contributed by atoms with Gasteiger partial charge in [-0.05, 0) is 45.0 Å². The fourth-order valence-corrected chi connectivity index (χ4v) is 1.74. The molecule has 0 aromatic heterocycles. The van der Waals surface area contributed by atoms with E-state index >= 15 is 0 Å². The van der Waals surface area contributed by atoms with Crippen molar-refractivity contribution in [3.63, 3.8) is 0 Å². The Hall–Kier alpha value is -2.57. The molecule has 0 aliphatic carbocycles. The highest BCUT2D eigenvalue weighted by Gasteiger charge is 2.27. The van der Waals surface area contributed by atoms with E-state index in [4.69, 9.17) is 4.74 Å². The Labute approximate surface area is 134 Å². The van der Waals surface area contributed by atoms with Crippen molar-refractivity contribution in [2.24, 2.45) is 0 Å². The van der Waals surface area contributed by atoms with Crippen molar-refractivity contribution >= 4 is 17.8 Å². The highest BCUT2D eigenvalue weighted by molar-refractivity contribution is 5.97. The lowest BCUT2D eigenvalue weighted by Crippen LogP contribution is -2.43. The van der Waals surface area contributed by atoms with Crippen LogP contribution < -0.4 is 5.32 Å². The molecule has 23 heavy (non-hydrogen) atoms. The number of phenols is 1. The predicted octanol–water partition coefficient (Wildman–Crippen LogP) is 1.40. The Morgan fingerprint density at radius 3 is 2.22 bits per heavy atom. The van der Waals surface area contributed by atoms with Crippen LogP contribution in [-0.4, -0.2) is 41.7 Å². The van der Waals surface area contributed by atoms with Crippen LogP contribution in [0.15, 0.2) is 24.3 Å². The van der Waals surface area contributed by atoms with Crippen molar-refractivity contribution < 1.29 is 29.0 Å². The first kappa shape index (κ1) is 18.5. The zero-order valence-corrected chi connectivity index (χ0v) is 13.6. The maximum absolute atomic E-state index is 12.1. The normalized spacial score (nSPS) is 12.2. The number of benzene rings is 1. The van der Waals surface area contributed by atoms with Crippen LogP contribution in [0, 0.1) is 0 Å². The summed E-state index contributed by atoms with van der Waals surface area (Å²) in [5.41, 5.74) is -0.459. The average Bonchev–Trinajstić information content (AvgIpc) is 2.44. The lowest BCUT2D eigenvalue weighted by molar-refractivity contribution is -0.158. The molecule has 1 aromatic rings. The molecule has 1 atom stereocenters. The van der Waals surface area contributed by atoms with Gasteiger partial charge in [0.25, 0.3) is 5.91 Å². The molecule has 126 valence electrons. The van der Waals surface area contributed by atoms with Gasteiger partial charge in [-0.3, -0.25) is 9.59 Å². The smallest absolute Gasteiger partial charge is 0.328 e. The molecule has 1 rings (SSSR count). The molecule has 0 unspecified atom stereocenters. The zero-order chi connectivity index (χ0) is 17.6. The summed E-state index contributed by atoms with van der Waals surface area (Å²) in [4.78, 5) is 35.7. The van der Waals surface area contributed by atoms with E-state index in [1.165, 1.54) is 24.3 Å². The van der Waals surface area contributed by atoms with Gasteiger partial charge in [0.15, 0.2) is 0 Å². The van der Waals surface area contributed by atoms with Crippen LogP contribution in [0.4, 0.5) is 0 Å². The minimum atomic E-state index is -1.16. The quantitative estimate of drug-likeness (QED) is 0.794. The third-order valence-corrected chi connectivity index (χ3v) is 2.71. The Kier molecular flexibility index (Phi) is 6.12. The van der Waals surface area contributed by atoms with Crippen LogP contribution in [0.1, 0.15) is 37.6 Å². The topological polar surface area (TPSA) is 102 Å². The molecule has 0 radical (unpaired) electrons. The predicted molar refractivity (Wildman–Crippen MR) is 81.8 cm³/mol. The summed E-state index contributed by atoms with van der Waals surface area (Å²) < 4.78 is 9.73. The molecular formula is C16H21NO6. The number of aromatic hydroxyl groups is 1. The number of nitrogens with one attached hydrogen (secondary N) is 1. The van der Waals surface area contributed by atoms with Gasteiger partial charge < -0.3 is 19.9 Å². The zero-order valence-electron chi connectivity index (χ0n) is 13.6. The lowest BCUT2D eigenvalue weighted by atomic mass is 10.1. The van der Waals surface area contributed by atoms with Crippen molar-refractivity contribution in [1.82, 2.24) is 5.32 Å². The number of hydrogen-bond acceptors (Lipinski definition) is 6. The number of esters is 2. The summed E-state index contributed by atoms with van der Waals surface area (Å²) in [7, 11) is 1.16. The van der Waals surface area contributed by atoms with Crippen LogP contribution in [0.5, 0.6) is 5.75 Å². The monoisotopic (exact) mass is 323 g/mol. The third-order valence-electron chi connectivity index (χ3n) is 2.71. The second-order valence-corrected chi connectivity index (χ2v) is 5.89. The minimum absolute atomic E-state index is 0.0137. The number of carbonyl (C=O) groups excluding carboxylic acids is 3. The average molecular weight is 323 g/mol. The molecule has 7 nitrogen and oxygen atoms in total. The van der Waals surface area contributed by atoms with Crippen LogP contribution in [0.25, 0.3) is 0 Å². The molecular weight excluding hydrogens is 302 g/mol. The molecule has 0 aliphatic rings. The highest BCUT2D eigenvalue weighted by atomic mass is 16.6. The van der Waals surface area contributed by atoms with Crippen molar-refractivity contribution in [2.45, 2.75) is 38.8 Å². The van der Waals surface area contributed by atoms with Gasteiger partial charge in [-0.25, -0.2) is 4.79 Å². The lowest BCUT2D eigenvalue weighted by Gasteiger charge is -2.22. The fraction of sp³-hybridized carbons (Fsp3) is 0.438. The summed E-state index contributed by atoms with van der Waals surface area (Å²) in [6, 6.07) is 4.32. The van der Waals surface area contributed by atoms with Gasteiger partial charge in [0.1, 0.15) is 17.4 Å². The van der Waals surface area contributed by atoms with Crippen molar-refractivity contribution in [1.29, 1.82) is 0 Å². The minimum Gasteiger partial charge on any atom is -0.508 e. The molecule has 0 heterocycles. The highest BCUT2D eigenvalue weighted by Crippen LogP contribution is 2.12. The number of phenolic OH excluding ortho intramolecular Hbond substituents is 1. The van der Waals surface area contributed by atoms with E-state index in [0.29, 0.717) is 0 Å². The number of methoxy groups -OCH3 is 1. The van der Waals surface area contributed by atoms with E-state index < -0.39 is 29.5 Å². The molecule has 0 spiro atoms. The van der Waals surface area contributed by atoms with Gasteiger partial charge in [0.2, 0.25) is 0 Å². The second kappa shape index (κ2) is 7.62. The summed E-state index contributed by atoms with van der Waals surface area (Å²) in [6.07, 6.45) is -0.340. The number of carbonyl (C=O) groups is 3. The molecule has 1 amide bonds. The summed E-state index contributed by atoms with van der Waals surface area (Å²) in [5, 5.41) is 11.6. The Morgan fingerprint density at radius 2 is 1.74 bits per heavy atom. The molecule has 0 saturated heterocycles. The van der Waals surface area contributed by atoms with Gasteiger partial charge in [0, 0.05) is 5.56 Å². The Bertz CT molecular complexity index is 573. The van der Waals surface area contributed by atoms with E-state index in [1.807, 2.05) is 0 Å². The molecule has 1 aromatic carbocycles. The van der Waals surface area contributed by atoms with Crippen molar-refractivity contribution in [3.05, 3.63) is 29.8 Å². The number of rotatable bonds is 5. The van der Waals surface area contributed by atoms with Crippen LogP contribution in [-0.2, 0) is 19.1 Å². The number of amides is 1. The first-order valence-electron chi connectivity index (χ1n) is 7.02. The van der Waals surface area contributed by atoms with E-state index in [-0.39, 0.29) is 17.7 Å².